The van der Waals surface area contributed by atoms with E-state index in [2.05, 4.69) is 19.1 Å². The highest BCUT2D eigenvalue weighted by Gasteiger charge is 1.95. The molecular formula is C19H35Cl3O2. The molecule has 1 N–H and O–H groups in total. The van der Waals surface area contributed by atoms with E-state index in [1.165, 1.54) is 70.6 Å². The summed E-state index contributed by atoms with van der Waals surface area (Å²) in [5, 5.41) is 8.51. The SMILES string of the molecule is CCCCCCCCC=CCCCCCCCC(=O)O.ClC(Cl)Cl. The summed E-state index contributed by atoms with van der Waals surface area (Å²) in [4.78, 5) is 10.3. The van der Waals surface area contributed by atoms with Crippen LogP contribution < -0.4 is 0 Å². The van der Waals surface area contributed by atoms with Gasteiger partial charge in [-0.1, -0.05) is 105 Å². The first kappa shape index (κ1) is 26.3. The normalized spacial score (nSPS) is 10.9. The van der Waals surface area contributed by atoms with Crippen molar-refractivity contribution in [2.45, 2.75) is 101 Å². The fourth-order valence-electron chi connectivity index (χ4n) is 2.35. The van der Waals surface area contributed by atoms with Crippen molar-refractivity contribution in [1.29, 1.82) is 0 Å². The number of carboxylic acid groups (broad SMARTS) is 1. The molecule has 0 aliphatic rings. The van der Waals surface area contributed by atoms with Gasteiger partial charge in [-0.15, -0.1) is 0 Å². The van der Waals surface area contributed by atoms with Crippen LogP contribution in [0, 0.1) is 0 Å². The fraction of sp³-hybridized carbons (Fsp3) is 0.842. The summed E-state index contributed by atoms with van der Waals surface area (Å²) >= 11 is 14.4. The standard InChI is InChI=1S/C18H34O2.CHCl3/c1-2-3-4-5-6-7-8-9-10-11-12-13-14-15-16-17-18(19)20;2-1(3)4/h9-10H,2-8,11-17H2,1H3,(H,19,20);1H. The lowest BCUT2D eigenvalue weighted by Gasteiger charge is -1.99. The van der Waals surface area contributed by atoms with Gasteiger partial charge in [-0.3, -0.25) is 4.79 Å². The van der Waals surface area contributed by atoms with E-state index < -0.39 is 10.3 Å². The molecule has 2 nitrogen and oxygen atoms in total. The van der Waals surface area contributed by atoms with Gasteiger partial charge < -0.3 is 5.11 Å². The molecule has 0 unspecified atom stereocenters. The number of aliphatic carboxylic acids is 1. The Morgan fingerprint density at radius 2 is 1.17 bits per heavy atom. The molecule has 0 heterocycles. The highest BCUT2D eigenvalue weighted by molar-refractivity contribution is 6.63. The van der Waals surface area contributed by atoms with Gasteiger partial charge in [0.05, 0.1) is 0 Å². The second-order valence-electron chi connectivity index (χ2n) is 5.98. The van der Waals surface area contributed by atoms with Crippen molar-refractivity contribution >= 4 is 40.8 Å². The summed E-state index contributed by atoms with van der Waals surface area (Å²) in [5.74, 6) is -0.664. The van der Waals surface area contributed by atoms with Crippen molar-refractivity contribution in [3.8, 4) is 0 Å². The first-order chi connectivity index (χ1) is 11.5. The van der Waals surface area contributed by atoms with Gasteiger partial charge >= 0.3 is 5.97 Å². The maximum Gasteiger partial charge on any atom is 0.303 e. The second kappa shape index (κ2) is 23.1. The van der Waals surface area contributed by atoms with Gasteiger partial charge in [0.1, 0.15) is 0 Å². The predicted molar refractivity (Wildman–Crippen MR) is 108 cm³/mol. The Morgan fingerprint density at radius 3 is 1.58 bits per heavy atom. The number of halogens is 3. The van der Waals surface area contributed by atoms with E-state index in [4.69, 9.17) is 39.9 Å². The van der Waals surface area contributed by atoms with Gasteiger partial charge in [-0.2, -0.15) is 0 Å². The van der Waals surface area contributed by atoms with Crippen LogP contribution in [-0.2, 0) is 4.79 Å². The fourth-order valence-corrected chi connectivity index (χ4v) is 2.35. The van der Waals surface area contributed by atoms with Crippen LogP contribution >= 0.6 is 34.8 Å². The van der Waals surface area contributed by atoms with Gasteiger partial charge in [0.2, 0.25) is 0 Å². The quantitative estimate of drug-likeness (QED) is 0.171. The Morgan fingerprint density at radius 1 is 0.792 bits per heavy atom. The lowest BCUT2D eigenvalue weighted by Crippen LogP contribution is -1.93. The van der Waals surface area contributed by atoms with E-state index in [9.17, 15) is 4.79 Å². The molecule has 0 radical (unpaired) electrons. The molecule has 0 rings (SSSR count). The zero-order valence-corrected chi connectivity index (χ0v) is 17.4. The minimum atomic E-state index is -0.750. The zero-order chi connectivity index (χ0) is 18.5. The zero-order valence-electron chi connectivity index (χ0n) is 15.1. The van der Waals surface area contributed by atoms with Crippen LogP contribution in [0.15, 0.2) is 12.2 Å². The van der Waals surface area contributed by atoms with Crippen molar-refractivity contribution in [2.24, 2.45) is 0 Å². The molecule has 0 aromatic heterocycles. The topological polar surface area (TPSA) is 37.3 Å². The average Bonchev–Trinajstić information content (AvgIpc) is 2.50. The molecule has 0 atom stereocenters. The summed E-state index contributed by atoms with van der Waals surface area (Å²) in [5.41, 5.74) is 0. The monoisotopic (exact) mass is 400 g/mol. The Bertz CT molecular complexity index is 279. The maximum absolute atomic E-state index is 10.3. The maximum atomic E-state index is 10.3. The molecule has 0 bridgehead atoms. The van der Waals surface area contributed by atoms with Crippen molar-refractivity contribution in [2.75, 3.05) is 0 Å². The molecule has 0 aliphatic heterocycles. The summed E-state index contributed by atoms with van der Waals surface area (Å²) in [7, 11) is 0. The molecule has 0 aromatic rings. The van der Waals surface area contributed by atoms with Crippen molar-refractivity contribution in [1.82, 2.24) is 0 Å². The first-order valence-electron chi connectivity index (χ1n) is 9.29. The number of carbonyl (C=O) groups is 1. The smallest absolute Gasteiger partial charge is 0.303 e. The average molecular weight is 402 g/mol. The summed E-state index contributed by atoms with van der Waals surface area (Å²) < 4.78 is -0.750. The van der Waals surface area contributed by atoms with Crippen LogP contribution in [0.2, 0.25) is 0 Å². The van der Waals surface area contributed by atoms with E-state index in [0.29, 0.717) is 6.42 Å². The van der Waals surface area contributed by atoms with Gasteiger partial charge in [-0.05, 0) is 32.1 Å². The van der Waals surface area contributed by atoms with Crippen LogP contribution in [0.25, 0.3) is 0 Å². The highest BCUT2D eigenvalue weighted by atomic mass is 35.6. The van der Waals surface area contributed by atoms with E-state index in [-0.39, 0.29) is 0 Å². The van der Waals surface area contributed by atoms with Gasteiger partial charge in [-0.25, -0.2) is 0 Å². The molecule has 24 heavy (non-hydrogen) atoms. The number of hydrogen-bond donors (Lipinski definition) is 1. The van der Waals surface area contributed by atoms with Crippen LogP contribution in [0.3, 0.4) is 0 Å². The Hall–Kier alpha value is 0.0800. The molecule has 0 fully saturated rings. The number of unbranched alkanes of at least 4 members (excludes halogenated alkanes) is 11. The minimum absolute atomic E-state index is 0.332. The summed E-state index contributed by atoms with van der Waals surface area (Å²) in [6.45, 7) is 2.26. The van der Waals surface area contributed by atoms with Crippen LogP contribution in [0.1, 0.15) is 96.8 Å². The molecule has 0 spiro atoms. The summed E-state index contributed by atoms with van der Waals surface area (Å²) in [6, 6.07) is 0. The third-order valence-electron chi connectivity index (χ3n) is 3.65. The summed E-state index contributed by atoms with van der Waals surface area (Å²) in [6.07, 6.45) is 21.2. The Kier molecular flexibility index (Phi) is 25.3. The lowest BCUT2D eigenvalue weighted by molar-refractivity contribution is -0.137. The molecule has 144 valence electrons. The van der Waals surface area contributed by atoms with Crippen molar-refractivity contribution < 1.29 is 9.90 Å². The molecule has 0 saturated carbocycles. The van der Waals surface area contributed by atoms with Gasteiger partial charge in [0, 0.05) is 6.42 Å². The Balaban J connectivity index is 0. The number of carboxylic acids is 1. The lowest BCUT2D eigenvalue weighted by atomic mass is 10.1. The minimum Gasteiger partial charge on any atom is -0.481 e. The first-order valence-corrected chi connectivity index (χ1v) is 10.6. The van der Waals surface area contributed by atoms with Gasteiger partial charge in [0.25, 0.3) is 0 Å². The van der Waals surface area contributed by atoms with Crippen LogP contribution in [0.4, 0.5) is 0 Å². The van der Waals surface area contributed by atoms with Crippen LogP contribution in [0.5, 0.6) is 0 Å². The molecule has 0 saturated heterocycles. The van der Waals surface area contributed by atoms with E-state index in [1.807, 2.05) is 0 Å². The third-order valence-corrected chi connectivity index (χ3v) is 3.65. The Labute approximate surface area is 163 Å². The van der Waals surface area contributed by atoms with E-state index in [1.54, 1.807) is 0 Å². The molecule has 0 aromatic carbocycles. The van der Waals surface area contributed by atoms with E-state index in [0.717, 1.165) is 12.8 Å². The van der Waals surface area contributed by atoms with Crippen LogP contribution in [-0.4, -0.2) is 15.4 Å². The number of alkyl halides is 3. The molecule has 5 heteroatoms. The largest absolute Gasteiger partial charge is 0.481 e. The number of allylic oxidation sites excluding steroid dienone is 2. The second-order valence-corrected chi connectivity index (χ2v) is 7.95. The third kappa shape index (κ3) is 33.6. The van der Waals surface area contributed by atoms with E-state index >= 15 is 0 Å². The molecule has 0 amide bonds. The highest BCUT2D eigenvalue weighted by Crippen LogP contribution is 2.09. The number of hydrogen-bond acceptors (Lipinski definition) is 1. The van der Waals surface area contributed by atoms with Crippen molar-refractivity contribution in [3.05, 3.63) is 12.2 Å². The van der Waals surface area contributed by atoms with Crippen molar-refractivity contribution in [3.63, 3.8) is 0 Å². The van der Waals surface area contributed by atoms with Gasteiger partial charge in [0.15, 0.2) is 4.30 Å². The molecule has 0 aliphatic carbocycles. The molecular weight excluding hydrogens is 367 g/mol. The predicted octanol–water partition coefficient (Wildman–Crippen LogP) is 8.09. The number of rotatable bonds is 15.